The summed E-state index contributed by atoms with van der Waals surface area (Å²) in [7, 11) is 1.60. The van der Waals surface area contributed by atoms with E-state index in [1.807, 2.05) is 0 Å². The molecule has 0 spiro atoms. The average molecular weight is 539 g/mol. The molecule has 39 heavy (non-hydrogen) atoms. The first-order valence-corrected chi connectivity index (χ1v) is 13.7. The molecule has 3 aromatic rings. The minimum atomic E-state index is -0.584. The average Bonchev–Trinajstić information content (AvgIpc) is 3.70. The molecular weight excluding hydrogens is 503 g/mol. The van der Waals surface area contributed by atoms with Gasteiger partial charge in [-0.3, -0.25) is 4.79 Å². The van der Waals surface area contributed by atoms with Gasteiger partial charge in [-0.1, -0.05) is 5.16 Å². The molecule has 3 heterocycles. The van der Waals surface area contributed by atoms with Crippen LogP contribution in [0.1, 0.15) is 67.1 Å². The topological polar surface area (TPSA) is 116 Å². The lowest BCUT2D eigenvalue weighted by atomic mass is 9.92. The van der Waals surface area contributed by atoms with Crippen LogP contribution in [0.2, 0.25) is 0 Å². The lowest BCUT2D eigenvalue weighted by Crippen LogP contribution is -2.34. The van der Waals surface area contributed by atoms with Crippen LogP contribution in [0.4, 0.5) is 10.3 Å². The van der Waals surface area contributed by atoms with E-state index in [0.717, 1.165) is 63.1 Å². The van der Waals surface area contributed by atoms with Crippen LogP contribution in [0.25, 0.3) is 11.4 Å². The molecule has 0 unspecified atom stereocenters. The first kappa shape index (κ1) is 27.0. The summed E-state index contributed by atoms with van der Waals surface area (Å²) >= 11 is 0. The van der Waals surface area contributed by atoms with Crippen LogP contribution < -0.4 is 15.0 Å². The largest absolute Gasteiger partial charge is 0.493 e. The van der Waals surface area contributed by atoms with Crippen LogP contribution in [-0.4, -0.2) is 66.0 Å². The Hall–Kier alpha value is -3.60. The zero-order valence-corrected chi connectivity index (χ0v) is 22.3. The summed E-state index contributed by atoms with van der Waals surface area (Å²) in [5.74, 6) is 2.42. The quantitative estimate of drug-likeness (QED) is 0.316. The monoisotopic (exact) mass is 538 g/mol. The molecule has 2 aliphatic rings. The number of carbonyl (C=O) groups excluding carboxylic acids is 1. The van der Waals surface area contributed by atoms with Gasteiger partial charge in [0.15, 0.2) is 0 Å². The van der Waals surface area contributed by atoms with Crippen molar-refractivity contribution in [2.45, 2.75) is 50.9 Å². The third-order valence-electron chi connectivity index (χ3n) is 7.18. The van der Waals surface area contributed by atoms with Crippen LogP contribution in [-0.2, 0) is 4.74 Å². The third-order valence-corrected chi connectivity index (χ3v) is 7.18. The van der Waals surface area contributed by atoms with Crippen molar-refractivity contribution in [2.24, 2.45) is 5.92 Å². The van der Waals surface area contributed by atoms with Gasteiger partial charge in [-0.25, -0.2) is 14.4 Å². The molecule has 1 amide bonds. The third kappa shape index (κ3) is 7.29. The van der Waals surface area contributed by atoms with Crippen molar-refractivity contribution in [2.75, 3.05) is 44.9 Å². The van der Waals surface area contributed by atoms with E-state index >= 15 is 0 Å². The molecule has 1 aromatic carbocycles. The van der Waals surface area contributed by atoms with Gasteiger partial charge in [0.2, 0.25) is 17.7 Å². The van der Waals surface area contributed by atoms with Gasteiger partial charge >= 0.3 is 0 Å². The molecule has 208 valence electrons. The van der Waals surface area contributed by atoms with E-state index < -0.39 is 11.7 Å². The van der Waals surface area contributed by atoms with Gasteiger partial charge in [0.25, 0.3) is 5.91 Å². The highest BCUT2D eigenvalue weighted by Crippen LogP contribution is 2.39. The van der Waals surface area contributed by atoms with Gasteiger partial charge in [0.05, 0.1) is 17.7 Å². The molecule has 1 aliphatic carbocycles. The Balaban J connectivity index is 1.00. The van der Waals surface area contributed by atoms with E-state index in [1.54, 1.807) is 25.6 Å². The van der Waals surface area contributed by atoms with Gasteiger partial charge < -0.3 is 24.2 Å². The molecular formula is C28H35FN6O4. The molecule has 1 saturated heterocycles. The molecule has 1 N–H and O–H groups in total. The number of piperidine rings is 1. The fourth-order valence-corrected chi connectivity index (χ4v) is 4.72. The standard InChI is InChI=1S/C28H35FN6O4/c1-37-14-3-11-30-26(36)23-8-7-22(16-24(23)29)38-15-2-4-19-9-12-35(13-10-19)28-31-17-21(18-32-28)25-33-27(39-34-25)20-5-6-20/h7-8,16-20H,2-6,9-15H2,1H3,(H,30,36). The fourth-order valence-electron chi connectivity index (χ4n) is 4.72. The molecule has 2 aromatic heterocycles. The number of carbonyl (C=O) groups is 1. The minimum absolute atomic E-state index is 0.0164. The van der Waals surface area contributed by atoms with E-state index in [0.29, 0.717) is 55.5 Å². The van der Waals surface area contributed by atoms with Crippen LogP contribution in [0, 0.1) is 11.7 Å². The van der Waals surface area contributed by atoms with Crippen LogP contribution in [0.5, 0.6) is 5.75 Å². The summed E-state index contributed by atoms with van der Waals surface area (Å²) in [5.41, 5.74) is 0.780. The number of rotatable bonds is 13. The van der Waals surface area contributed by atoms with Gasteiger partial charge in [-0.15, -0.1) is 0 Å². The van der Waals surface area contributed by atoms with Gasteiger partial charge in [0, 0.05) is 57.7 Å². The summed E-state index contributed by atoms with van der Waals surface area (Å²) in [5, 5.41) is 6.75. The van der Waals surface area contributed by atoms with Crippen molar-refractivity contribution in [1.29, 1.82) is 0 Å². The lowest BCUT2D eigenvalue weighted by Gasteiger charge is -2.32. The van der Waals surface area contributed by atoms with E-state index in [1.165, 1.54) is 12.1 Å². The Bertz CT molecular complexity index is 1230. The number of nitrogens with one attached hydrogen (secondary N) is 1. The SMILES string of the molecule is COCCCNC(=O)c1ccc(OCCCC2CCN(c3ncc(-c4noc(C5CC5)n4)cn3)CC2)cc1F. The number of hydrogen-bond acceptors (Lipinski definition) is 9. The van der Waals surface area contributed by atoms with Gasteiger partial charge in [0.1, 0.15) is 11.6 Å². The zero-order chi connectivity index (χ0) is 27.0. The van der Waals surface area contributed by atoms with Crippen molar-refractivity contribution >= 4 is 11.9 Å². The predicted octanol–water partition coefficient (Wildman–Crippen LogP) is 4.39. The number of benzene rings is 1. The van der Waals surface area contributed by atoms with E-state index in [-0.39, 0.29) is 5.56 Å². The predicted molar refractivity (Wildman–Crippen MR) is 142 cm³/mol. The van der Waals surface area contributed by atoms with Crippen LogP contribution in [0.3, 0.4) is 0 Å². The van der Waals surface area contributed by atoms with Crippen molar-refractivity contribution in [3.05, 3.63) is 47.9 Å². The number of methoxy groups -OCH3 is 1. The molecule has 5 rings (SSSR count). The van der Waals surface area contributed by atoms with Crippen LogP contribution >= 0.6 is 0 Å². The maximum Gasteiger partial charge on any atom is 0.254 e. The second-order valence-corrected chi connectivity index (χ2v) is 10.2. The summed E-state index contributed by atoms with van der Waals surface area (Å²) in [4.78, 5) is 27.9. The second kappa shape index (κ2) is 13.0. The molecule has 1 saturated carbocycles. The Morgan fingerprint density at radius 1 is 1.13 bits per heavy atom. The summed E-state index contributed by atoms with van der Waals surface area (Å²) in [6.45, 7) is 3.29. The highest BCUT2D eigenvalue weighted by atomic mass is 19.1. The minimum Gasteiger partial charge on any atom is -0.493 e. The summed E-state index contributed by atoms with van der Waals surface area (Å²) in [6, 6.07) is 4.38. The van der Waals surface area contributed by atoms with E-state index in [2.05, 4.69) is 30.3 Å². The van der Waals surface area contributed by atoms with Gasteiger partial charge in [-0.05, 0) is 63.0 Å². The number of ether oxygens (including phenoxy) is 2. The van der Waals surface area contributed by atoms with Gasteiger partial charge in [-0.2, -0.15) is 4.98 Å². The molecule has 11 heteroatoms. The molecule has 0 radical (unpaired) electrons. The summed E-state index contributed by atoms with van der Waals surface area (Å²) in [6.07, 6.45) is 10.5. The molecule has 2 fully saturated rings. The van der Waals surface area contributed by atoms with E-state index in [9.17, 15) is 9.18 Å². The Labute approximate surface area is 227 Å². The maximum absolute atomic E-state index is 14.4. The Morgan fingerprint density at radius 2 is 1.92 bits per heavy atom. The number of aromatic nitrogens is 4. The second-order valence-electron chi connectivity index (χ2n) is 10.2. The molecule has 0 bridgehead atoms. The zero-order valence-electron chi connectivity index (χ0n) is 22.3. The van der Waals surface area contributed by atoms with Crippen molar-refractivity contribution in [3.63, 3.8) is 0 Å². The first-order valence-electron chi connectivity index (χ1n) is 13.7. The first-order chi connectivity index (χ1) is 19.1. The fraction of sp³-hybridized carbons (Fsp3) is 0.536. The highest BCUT2D eigenvalue weighted by molar-refractivity contribution is 5.94. The number of halogens is 1. The highest BCUT2D eigenvalue weighted by Gasteiger charge is 2.30. The molecule has 10 nitrogen and oxygen atoms in total. The van der Waals surface area contributed by atoms with Crippen molar-refractivity contribution < 1.29 is 23.2 Å². The number of amides is 1. The van der Waals surface area contributed by atoms with Crippen molar-refractivity contribution in [3.8, 4) is 17.1 Å². The number of nitrogens with zero attached hydrogens (tertiary/aromatic N) is 5. The Kier molecular flexibility index (Phi) is 8.97. The normalized spacial score (nSPS) is 15.9. The number of hydrogen-bond donors (Lipinski definition) is 1. The smallest absolute Gasteiger partial charge is 0.254 e. The lowest BCUT2D eigenvalue weighted by molar-refractivity contribution is 0.0944. The summed E-state index contributed by atoms with van der Waals surface area (Å²) < 4.78 is 30.4. The van der Waals surface area contributed by atoms with E-state index in [4.69, 9.17) is 14.0 Å². The molecule has 1 aliphatic heterocycles. The van der Waals surface area contributed by atoms with Crippen LogP contribution in [0.15, 0.2) is 35.1 Å². The maximum atomic E-state index is 14.4. The Morgan fingerprint density at radius 3 is 2.64 bits per heavy atom. The number of anilines is 1. The van der Waals surface area contributed by atoms with Crippen molar-refractivity contribution in [1.82, 2.24) is 25.4 Å². The molecule has 0 atom stereocenters.